The van der Waals surface area contributed by atoms with Crippen LogP contribution in [0.1, 0.15) is 5.56 Å². The zero-order chi connectivity index (χ0) is 10.5. The monoisotopic (exact) mass is 219 g/mol. The van der Waals surface area contributed by atoms with Crippen molar-refractivity contribution in [1.82, 2.24) is 15.0 Å². The van der Waals surface area contributed by atoms with Gasteiger partial charge >= 0.3 is 0 Å². The molecule has 2 heterocycles. The molecular formula is C10H9N3OS. The second-order valence-corrected chi connectivity index (χ2v) is 3.78. The molecule has 0 amide bonds. The highest BCUT2D eigenvalue weighted by Gasteiger charge is 2.04. The molecule has 0 radical (unpaired) electrons. The lowest BCUT2D eigenvalue weighted by Crippen LogP contribution is -1.91. The zero-order valence-corrected chi connectivity index (χ0v) is 8.68. The first kappa shape index (κ1) is 10.1. The van der Waals surface area contributed by atoms with E-state index in [9.17, 15) is 0 Å². The van der Waals surface area contributed by atoms with Crippen LogP contribution in [0.5, 0.6) is 0 Å². The second-order valence-electron chi connectivity index (χ2n) is 2.77. The topological polar surface area (TPSA) is 58.9 Å². The molecule has 0 spiro atoms. The Hall–Kier alpha value is -1.46. The molecule has 0 fully saturated rings. The standard InChI is InChI=1S/C10H9N3OS/c14-7-8-2-1-3-13-10(8)15-9-6-11-4-5-12-9/h1-6,14H,7H2. The quantitative estimate of drug-likeness (QED) is 0.848. The third-order valence-electron chi connectivity index (χ3n) is 1.76. The van der Waals surface area contributed by atoms with Gasteiger partial charge in [0, 0.05) is 24.2 Å². The highest BCUT2D eigenvalue weighted by molar-refractivity contribution is 7.99. The molecule has 0 saturated heterocycles. The van der Waals surface area contributed by atoms with Crippen LogP contribution in [0.15, 0.2) is 47.0 Å². The molecule has 0 atom stereocenters. The number of aliphatic hydroxyl groups excluding tert-OH is 1. The minimum atomic E-state index is -0.0174. The van der Waals surface area contributed by atoms with Crippen molar-refractivity contribution in [3.8, 4) is 0 Å². The van der Waals surface area contributed by atoms with E-state index in [2.05, 4.69) is 15.0 Å². The fourth-order valence-corrected chi connectivity index (χ4v) is 1.88. The molecule has 1 N–H and O–H groups in total. The normalized spacial score (nSPS) is 10.2. The molecular weight excluding hydrogens is 210 g/mol. The molecule has 2 rings (SSSR count). The van der Waals surface area contributed by atoms with Gasteiger partial charge in [-0.2, -0.15) is 0 Å². The van der Waals surface area contributed by atoms with Gasteiger partial charge in [-0.05, 0) is 17.8 Å². The second kappa shape index (κ2) is 4.86. The number of rotatable bonds is 3. The predicted octanol–water partition coefficient (Wildman–Crippen LogP) is 1.52. The van der Waals surface area contributed by atoms with Crippen molar-refractivity contribution in [2.45, 2.75) is 16.7 Å². The summed E-state index contributed by atoms with van der Waals surface area (Å²) in [5.41, 5.74) is 0.799. The Bertz CT molecular complexity index is 436. The smallest absolute Gasteiger partial charge is 0.121 e. The maximum Gasteiger partial charge on any atom is 0.121 e. The van der Waals surface area contributed by atoms with Crippen LogP contribution in [0.25, 0.3) is 0 Å². The lowest BCUT2D eigenvalue weighted by Gasteiger charge is -2.03. The number of hydrogen-bond acceptors (Lipinski definition) is 5. The fourth-order valence-electron chi connectivity index (χ4n) is 1.07. The first-order valence-electron chi connectivity index (χ1n) is 4.39. The minimum Gasteiger partial charge on any atom is -0.392 e. The van der Waals surface area contributed by atoms with Crippen molar-refractivity contribution in [2.75, 3.05) is 0 Å². The van der Waals surface area contributed by atoms with Crippen LogP contribution in [0, 0.1) is 0 Å². The van der Waals surface area contributed by atoms with E-state index in [0.717, 1.165) is 15.6 Å². The van der Waals surface area contributed by atoms with Crippen LogP contribution in [0.3, 0.4) is 0 Å². The maximum atomic E-state index is 9.11. The summed E-state index contributed by atoms with van der Waals surface area (Å²) in [5, 5.41) is 10.6. The molecule has 0 saturated carbocycles. The van der Waals surface area contributed by atoms with Crippen LogP contribution >= 0.6 is 11.8 Å². The Labute approximate surface area is 91.4 Å². The Balaban J connectivity index is 2.24. The van der Waals surface area contributed by atoms with Gasteiger partial charge in [0.15, 0.2) is 0 Å². The average molecular weight is 219 g/mol. The Morgan fingerprint density at radius 3 is 2.87 bits per heavy atom. The van der Waals surface area contributed by atoms with Crippen molar-refractivity contribution >= 4 is 11.8 Å². The van der Waals surface area contributed by atoms with Gasteiger partial charge in [-0.3, -0.25) is 4.98 Å². The summed E-state index contributed by atoms with van der Waals surface area (Å²) < 4.78 is 0. The van der Waals surface area contributed by atoms with Gasteiger partial charge in [-0.15, -0.1) is 0 Å². The minimum absolute atomic E-state index is 0.0174. The molecule has 2 aromatic heterocycles. The fraction of sp³-hybridized carbons (Fsp3) is 0.100. The highest BCUT2D eigenvalue weighted by atomic mass is 32.2. The molecule has 4 nitrogen and oxygen atoms in total. The molecule has 0 aliphatic carbocycles. The lowest BCUT2D eigenvalue weighted by atomic mass is 10.3. The van der Waals surface area contributed by atoms with Gasteiger partial charge in [-0.1, -0.05) is 6.07 Å². The molecule has 76 valence electrons. The van der Waals surface area contributed by atoms with Crippen LogP contribution in [0.2, 0.25) is 0 Å². The summed E-state index contributed by atoms with van der Waals surface area (Å²) in [6, 6.07) is 3.64. The summed E-state index contributed by atoms with van der Waals surface area (Å²) in [6.45, 7) is -0.0174. The van der Waals surface area contributed by atoms with Crippen LogP contribution < -0.4 is 0 Å². The first-order chi connectivity index (χ1) is 7.40. The molecule has 0 aliphatic rings. The summed E-state index contributed by atoms with van der Waals surface area (Å²) in [4.78, 5) is 12.3. The largest absolute Gasteiger partial charge is 0.392 e. The molecule has 5 heteroatoms. The van der Waals surface area contributed by atoms with Crippen molar-refractivity contribution in [3.63, 3.8) is 0 Å². The predicted molar refractivity (Wildman–Crippen MR) is 56.3 cm³/mol. The van der Waals surface area contributed by atoms with E-state index < -0.39 is 0 Å². The van der Waals surface area contributed by atoms with E-state index in [1.54, 1.807) is 30.9 Å². The first-order valence-corrected chi connectivity index (χ1v) is 5.20. The number of pyridine rings is 1. The van der Waals surface area contributed by atoms with Crippen molar-refractivity contribution in [2.24, 2.45) is 0 Å². The van der Waals surface area contributed by atoms with Crippen LogP contribution in [-0.2, 0) is 6.61 Å². The summed E-state index contributed by atoms with van der Waals surface area (Å²) in [6.07, 6.45) is 6.61. The van der Waals surface area contributed by atoms with Crippen molar-refractivity contribution in [3.05, 3.63) is 42.5 Å². The molecule has 0 bridgehead atoms. The third kappa shape index (κ3) is 2.51. The number of nitrogens with zero attached hydrogens (tertiary/aromatic N) is 3. The molecule has 2 aromatic rings. The van der Waals surface area contributed by atoms with Gasteiger partial charge in [0.2, 0.25) is 0 Å². The zero-order valence-electron chi connectivity index (χ0n) is 7.87. The summed E-state index contributed by atoms with van der Waals surface area (Å²) in [7, 11) is 0. The highest BCUT2D eigenvalue weighted by Crippen LogP contribution is 2.25. The van der Waals surface area contributed by atoms with Gasteiger partial charge < -0.3 is 5.11 Å². The number of hydrogen-bond donors (Lipinski definition) is 1. The van der Waals surface area contributed by atoms with Gasteiger partial charge in [0.25, 0.3) is 0 Å². The van der Waals surface area contributed by atoms with Gasteiger partial charge in [-0.25, -0.2) is 9.97 Å². The van der Waals surface area contributed by atoms with Crippen molar-refractivity contribution < 1.29 is 5.11 Å². The Morgan fingerprint density at radius 1 is 1.20 bits per heavy atom. The summed E-state index contributed by atoms with van der Waals surface area (Å²) >= 11 is 1.39. The van der Waals surface area contributed by atoms with E-state index in [4.69, 9.17) is 5.11 Å². The van der Waals surface area contributed by atoms with Crippen LogP contribution in [0.4, 0.5) is 0 Å². The molecule has 0 unspecified atom stereocenters. The summed E-state index contributed by atoms with van der Waals surface area (Å²) in [5.74, 6) is 0. The van der Waals surface area contributed by atoms with Crippen molar-refractivity contribution in [1.29, 1.82) is 0 Å². The van der Waals surface area contributed by atoms with E-state index in [1.165, 1.54) is 11.8 Å². The van der Waals surface area contributed by atoms with E-state index >= 15 is 0 Å². The maximum absolute atomic E-state index is 9.11. The van der Waals surface area contributed by atoms with E-state index in [0.29, 0.717) is 0 Å². The molecule has 0 aromatic carbocycles. The van der Waals surface area contributed by atoms with Gasteiger partial charge in [0.05, 0.1) is 12.8 Å². The molecule has 15 heavy (non-hydrogen) atoms. The Morgan fingerprint density at radius 2 is 2.13 bits per heavy atom. The lowest BCUT2D eigenvalue weighted by molar-refractivity contribution is 0.278. The molecule has 0 aliphatic heterocycles. The Kier molecular flexibility index (Phi) is 3.26. The number of aliphatic hydroxyl groups is 1. The van der Waals surface area contributed by atoms with Gasteiger partial charge in [0.1, 0.15) is 10.1 Å². The number of aromatic nitrogens is 3. The van der Waals surface area contributed by atoms with E-state index in [1.807, 2.05) is 6.07 Å². The third-order valence-corrected chi connectivity index (χ3v) is 2.74. The van der Waals surface area contributed by atoms with E-state index in [-0.39, 0.29) is 6.61 Å². The van der Waals surface area contributed by atoms with Crippen LogP contribution in [-0.4, -0.2) is 20.1 Å². The average Bonchev–Trinajstić information content (AvgIpc) is 2.31. The SMILES string of the molecule is OCc1cccnc1Sc1cnccn1.